The van der Waals surface area contributed by atoms with Crippen LogP contribution in [0.2, 0.25) is 0 Å². The summed E-state index contributed by atoms with van der Waals surface area (Å²) in [5.74, 6) is 0.618. The van der Waals surface area contributed by atoms with Crippen LogP contribution in [0.3, 0.4) is 0 Å². The molecule has 0 bridgehead atoms. The average Bonchev–Trinajstić information content (AvgIpc) is 2.33. The van der Waals surface area contributed by atoms with Gasteiger partial charge in [-0.25, -0.2) is 0 Å². The lowest BCUT2D eigenvalue weighted by molar-refractivity contribution is 0.0176. The molecular weight excluding hydrogens is 200 g/mol. The summed E-state index contributed by atoms with van der Waals surface area (Å²) in [5.41, 5.74) is 1.18. The van der Waals surface area contributed by atoms with Gasteiger partial charge in [-0.1, -0.05) is 50.6 Å². The van der Waals surface area contributed by atoms with Gasteiger partial charge in [-0.3, -0.25) is 0 Å². The number of rotatable bonds is 6. The van der Waals surface area contributed by atoms with E-state index in [-0.39, 0.29) is 12.7 Å². The number of aliphatic hydroxyl groups is 1. The first-order chi connectivity index (χ1) is 7.74. The van der Waals surface area contributed by atoms with Gasteiger partial charge in [-0.05, 0) is 17.4 Å². The molecule has 1 rings (SSSR count). The molecule has 0 saturated heterocycles. The smallest absolute Gasteiger partial charge is 0.0850 e. The van der Waals surface area contributed by atoms with Crippen molar-refractivity contribution in [2.45, 2.75) is 26.4 Å². The van der Waals surface area contributed by atoms with Crippen molar-refractivity contribution in [3.63, 3.8) is 0 Å². The van der Waals surface area contributed by atoms with Crippen molar-refractivity contribution in [3.8, 4) is 0 Å². The first-order valence-electron chi connectivity index (χ1n) is 5.93. The molecule has 1 aromatic carbocycles. The van der Waals surface area contributed by atoms with Gasteiger partial charge in [0.1, 0.15) is 0 Å². The maximum atomic E-state index is 9.33. The van der Waals surface area contributed by atoms with Gasteiger partial charge in [0.15, 0.2) is 0 Å². The average molecular weight is 222 g/mol. The summed E-state index contributed by atoms with van der Waals surface area (Å²) in [7, 11) is 1.73. The molecule has 0 aliphatic carbocycles. The Bertz CT molecular complexity index is 280. The number of benzene rings is 1. The van der Waals surface area contributed by atoms with Gasteiger partial charge in [0, 0.05) is 13.7 Å². The van der Waals surface area contributed by atoms with Gasteiger partial charge < -0.3 is 9.84 Å². The molecule has 0 spiro atoms. The highest BCUT2D eigenvalue weighted by Crippen LogP contribution is 2.31. The zero-order valence-electron chi connectivity index (χ0n) is 10.4. The van der Waals surface area contributed by atoms with E-state index >= 15 is 0 Å². The highest BCUT2D eigenvalue weighted by Gasteiger charge is 2.25. The van der Waals surface area contributed by atoms with Crippen LogP contribution in [0, 0.1) is 11.8 Å². The van der Waals surface area contributed by atoms with E-state index in [9.17, 15) is 5.11 Å². The van der Waals surface area contributed by atoms with Crippen LogP contribution in [-0.4, -0.2) is 18.8 Å². The maximum absolute atomic E-state index is 9.33. The second kappa shape index (κ2) is 6.66. The summed E-state index contributed by atoms with van der Waals surface area (Å²) in [5, 5.41) is 9.33. The van der Waals surface area contributed by atoms with Crippen molar-refractivity contribution in [3.05, 3.63) is 35.9 Å². The van der Waals surface area contributed by atoms with E-state index in [0.717, 1.165) is 6.42 Å². The van der Waals surface area contributed by atoms with E-state index in [2.05, 4.69) is 26.0 Å². The standard InChI is InChI=1S/C14H22O2/c1-4-12(10-15)11(2)14(16-3)13-8-6-5-7-9-13/h5-9,11-12,14-15H,4,10H2,1-3H3/t11-,12-,14+/m1/s1. The van der Waals surface area contributed by atoms with Crippen LogP contribution >= 0.6 is 0 Å². The largest absolute Gasteiger partial charge is 0.396 e. The molecule has 90 valence electrons. The topological polar surface area (TPSA) is 29.5 Å². The van der Waals surface area contributed by atoms with Crippen LogP contribution in [0.15, 0.2) is 30.3 Å². The third kappa shape index (κ3) is 3.06. The third-order valence-electron chi connectivity index (χ3n) is 3.36. The predicted molar refractivity (Wildman–Crippen MR) is 66.2 cm³/mol. The summed E-state index contributed by atoms with van der Waals surface area (Å²) >= 11 is 0. The van der Waals surface area contributed by atoms with E-state index in [1.807, 2.05) is 18.2 Å². The molecule has 0 heterocycles. The molecule has 0 radical (unpaired) electrons. The first kappa shape index (κ1) is 13.2. The van der Waals surface area contributed by atoms with E-state index in [1.165, 1.54) is 5.56 Å². The first-order valence-corrected chi connectivity index (χ1v) is 5.93. The number of ether oxygens (including phenoxy) is 1. The lowest BCUT2D eigenvalue weighted by atomic mass is 9.84. The molecular formula is C14H22O2. The van der Waals surface area contributed by atoms with Gasteiger partial charge in [0.25, 0.3) is 0 Å². The zero-order chi connectivity index (χ0) is 12.0. The molecule has 16 heavy (non-hydrogen) atoms. The predicted octanol–water partition coefficient (Wildman–Crippen LogP) is 3.03. The second-order valence-electron chi connectivity index (χ2n) is 4.28. The van der Waals surface area contributed by atoms with E-state index < -0.39 is 0 Å². The molecule has 2 heteroatoms. The van der Waals surface area contributed by atoms with E-state index in [4.69, 9.17) is 4.74 Å². The lowest BCUT2D eigenvalue weighted by Gasteiger charge is -2.28. The van der Waals surface area contributed by atoms with E-state index in [1.54, 1.807) is 7.11 Å². The number of methoxy groups -OCH3 is 1. The fourth-order valence-electron chi connectivity index (χ4n) is 2.21. The van der Waals surface area contributed by atoms with Crippen molar-refractivity contribution >= 4 is 0 Å². The monoisotopic (exact) mass is 222 g/mol. The Labute approximate surface area is 98.3 Å². The van der Waals surface area contributed by atoms with Gasteiger partial charge in [-0.2, -0.15) is 0 Å². The Morgan fingerprint density at radius 2 is 1.88 bits per heavy atom. The SMILES string of the molecule is CC[C@H](CO)[C@@H](C)[C@H](OC)c1ccccc1. The minimum absolute atomic E-state index is 0.0679. The lowest BCUT2D eigenvalue weighted by Crippen LogP contribution is -2.23. The minimum atomic E-state index is 0.0679. The summed E-state index contributed by atoms with van der Waals surface area (Å²) < 4.78 is 5.57. The van der Waals surface area contributed by atoms with Crippen molar-refractivity contribution in [1.29, 1.82) is 0 Å². The number of hydrogen-bond donors (Lipinski definition) is 1. The van der Waals surface area contributed by atoms with Crippen LogP contribution in [0.1, 0.15) is 31.9 Å². The quantitative estimate of drug-likeness (QED) is 0.801. The maximum Gasteiger partial charge on any atom is 0.0850 e. The Morgan fingerprint density at radius 1 is 1.25 bits per heavy atom. The zero-order valence-corrected chi connectivity index (χ0v) is 10.4. The molecule has 3 atom stereocenters. The van der Waals surface area contributed by atoms with Crippen LogP contribution in [0.4, 0.5) is 0 Å². The van der Waals surface area contributed by atoms with Crippen LogP contribution in [0.25, 0.3) is 0 Å². The molecule has 0 saturated carbocycles. The van der Waals surface area contributed by atoms with Gasteiger partial charge in [0.2, 0.25) is 0 Å². The summed E-state index contributed by atoms with van der Waals surface area (Å²) in [6.45, 7) is 4.48. The Balaban J connectivity index is 2.82. The van der Waals surface area contributed by atoms with Crippen LogP contribution in [0.5, 0.6) is 0 Å². The summed E-state index contributed by atoms with van der Waals surface area (Å²) in [6, 6.07) is 10.2. The molecule has 1 N–H and O–H groups in total. The normalized spacial score (nSPS) is 16.8. The van der Waals surface area contributed by atoms with Crippen molar-refractivity contribution in [1.82, 2.24) is 0 Å². The highest BCUT2D eigenvalue weighted by atomic mass is 16.5. The molecule has 0 fully saturated rings. The van der Waals surface area contributed by atoms with Crippen LogP contribution < -0.4 is 0 Å². The second-order valence-corrected chi connectivity index (χ2v) is 4.28. The van der Waals surface area contributed by atoms with E-state index in [0.29, 0.717) is 11.8 Å². The van der Waals surface area contributed by atoms with Gasteiger partial charge in [-0.15, -0.1) is 0 Å². The molecule has 0 aliphatic heterocycles. The van der Waals surface area contributed by atoms with Gasteiger partial charge >= 0.3 is 0 Å². The summed E-state index contributed by atoms with van der Waals surface area (Å²) in [6.07, 6.45) is 1.04. The van der Waals surface area contributed by atoms with Gasteiger partial charge in [0.05, 0.1) is 6.10 Å². The van der Waals surface area contributed by atoms with Crippen molar-refractivity contribution in [2.24, 2.45) is 11.8 Å². The molecule has 2 nitrogen and oxygen atoms in total. The molecule has 0 aromatic heterocycles. The Kier molecular flexibility index (Phi) is 5.50. The number of hydrogen-bond acceptors (Lipinski definition) is 2. The Hall–Kier alpha value is -0.860. The molecule has 1 aromatic rings. The van der Waals surface area contributed by atoms with Crippen LogP contribution in [-0.2, 0) is 4.74 Å². The highest BCUT2D eigenvalue weighted by molar-refractivity contribution is 5.18. The minimum Gasteiger partial charge on any atom is -0.396 e. The fourth-order valence-corrected chi connectivity index (χ4v) is 2.21. The molecule has 0 unspecified atom stereocenters. The fraction of sp³-hybridized carbons (Fsp3) is 0.571. The molecule has 0 amide bonds. The van der Waals surface area contributed by atoms with Crippen molar-refractivity contribution < 1.29 is 9.84 Å². The number of aliphatic hydroxyl groups excluding tert-OH is 1. The Morgan fingerprint density at radius 3 is 2.31 bits per heavy atom. The third-order valence-corrected chi connectivity index (χ3v) is 3.36. The summed E-state index contributed by atoms with van der Waals surface area (Å²) in [4.78, 5) is 0. The molecule has 0 aliphatic rings. The van der Waals surface area contributed by atoms with Crippen molar-refractivity contribution in [2.75, 3.05) is 13.7 Å².